The van der Waals surface area contributed by atoms with Crippen LogP contribution in [-0.2, 0) is 67.5 Å². The molecule has 0 aliphatic rings. The lowest BCUT2D eigenvalue weighted by Gasteiger charge is -2.23. The molecule has 7 N–H and O–H groups in total. The molecule has 80 heavy (non-hydrogen) atoms. The first-order valence-corrected chi connectivity index (χ1v) is 24.9. The van der Waals surface area contributed by atoms with Gasteiger partial charge in [0.05, 0.1) is 24.8 Å². The quantitative estimate of drug-likeness (QED) is 0.0235. The van der Waals surface area contributed by atoms with Gasteiger partial charge in [0.2, 0.25) is 17.7 Å². The molecular weight excluding hydrogens is 1030 g/mol. The van der Waals surface area contributed by atoms with Crippen LogP contribution >= 0.6 is 0 Å². The molecule has 0 aliphatic carbocycles. The molecule has 0 heterocycles. The van der Waals surface area contributed by atoms with Gasteiger partial charge in [-0.3, -0.25) is 38.4 Å². The van der Waals surface area contributed by atoms with Crippen molar-refractivity contribution in [3.8, 4) is 0 Å². The first kappa shape index (κ1) is 59.1. The van der Waals surface area contributed by atoms with Crippen molar-refractivity contribution in [2.45, 2.75) is 83.6 Å². The molecule has 6 aromatic rings. The van der Waals surface area contributed by atoms with E-state index >= 15 is 0 Å². The van der Waals surface area contributed by atoms with Crippen LogP contribution in [0.25, 0.3) is 0 Å². The zero-order valence-electron chi connectivity index (χ0n) is 43.7. The Morgan fingerprint density at radius 1 is 0.412 bits per heavy atom. The number of anilines is 3. The van der Waals surface area contributed by atoms with E-state index in [1.165, 1.54) is 72.8 Å². The van der Waals surface area contributed by atoms with E-state index in [2.05, 4.69) is 31.9 Å². The second-order valence-electron chi connectivity index (χ2n) is 18.8. The summed E-state index contributed by atoms with van der Waals surface area (Å²) in [5.74, 6) is -8.27. The Morgan fingerprint density at radius 3 is 1.05 bits per heavy atom. The lowest BCUT2D eigenvalue weighted by molar-refractivity contribution is -0.147. The van der Waals surface area contributed by atoms with E-state index in [1.807, 2.05) is 0 Å². The predicted octanol–water partition coefficient (Wildman–Crippen LogP) is 7.09. The van der Waals surface area contributed by atoms with E-state index in [1.54, 1.807) is 112 Å². The number of esters is 3. The molecule has 21 heteroatoms. The molecule has 0 unspecified atom stereocenters. The fraction of sp³-hybridized carbons (Fsp3) is 0.220. The minimum atomic E-state index is -1.62. The first-order chi connectivity index (χ1) is 38.3. The van der Waals surface area contributed by atoms with Crippen LogP contribution in [0.15, 0.2) is 164 Å². The number of amides is 6. The Hall–Kier alpha value is -10.2. The standard InChI is InChI=1S/C59H58N6O15/c1-59(2,3)80-58(76)65-48(33-51(68)79-36-39-20-11-6-12-21-39)56(73)61-44-26-14-23-41(29-44)53(70)63-46(31-49(66)77-34-37-16-7-4-8-17-37)54(71)60-43-25-13-22-40(28-43)52(69)64-47(32-50(67)78-35-38-18-9-5-10-19-38)55(72)62-45-27-15-24-42(30-45)57(74)75/h4-30,46-48H,31-36H2,1-3H3,(H,60,71)(H,61,73)(H,62,72)(H,63,70)(H,64,69)(H,65,76)(H,74,75)/t46-,47-,48-/m1/s1. The second kappa shape index (κ2) is 28.8. The third-order valence-corrected chi connectivity index (χ3v) is 11.3. The topological polar surface area (TPSA) is 300 Å². The smallest absolute Gasteiger partial charge is 0.408 e. The Morgan fingerprint density at radius 2 is 0.725 bits per heavy atom. The number of hydrogen-bond acceptors (Lipinski definition) is 14. The molecule has 0 spiro atoms. The van der Waals surface area contributed by atoms with Crippen molar-refractivity contribution in [1.82, 2.24) is 16.0 Å². The van der Waals surface area contributed by atoms with Gasteiger partial charge in [0.1, 0.15) is 43.5 Å². The Kier molecular flexibility index (Phi) is 21.3. The zero-order valence-corrected chi connectivity index (χ0v) is 43.7. The van der Waals surface area contributed by atoms with Gasteiger partial charge >= 0.3 is 30.0 Å². The van der Waals surface area contributed by atoms with Crippen molar-refractivity contribution in [2.24, 2.45) is 0 Å². The minimum absolute atomic E-state index is 0.00323. The van der Waals surface area contributed by atoms with E-state index in [-0.39, 0.29) is 53.6 Å². The number of carbonyl (C=O) groups is 10. The Labute approximate surface area is 459 Å². The van der Waals surface area contributed by atoms with Gasteiger partial charge in [-0.25, -0.2) is 9.59 Å². The van der Waals surface area contributed by atoms with Crippen LogP contribution in [0.5, 0.6) is 0 Å². The third kappa shape index (κ3) is 19.8. The maximum atomic E-state index is 14.1. The lowest BCUT2D eigenvalue weighted by Crippen LogP contribution is -2.47. The van der Waals surface area contributed by atoms with E-state index in [9.17, 15) is 53.1 Å². The number of nitrogens with one attached hydrogen (secondary N) is 6. The number of benzene rings is 6. The second-order valence-corrected chi connectivity index (χ2v) is 18.8. The molecule has 6 aromatic carbocycles. The molecule has 414 valence electrons. The summed E-state index contributed by atoms with van der Waals surface area (Å²) in [7, 11) is 0. The van der Waals surface area contributed by atoms with E-state index in [0.717, 1.165) is 0 Å². The van der Waals surface area contributed by atoms with Crippen LogP contribution < -0.4 is 31.9 Å². The van der Waals surface area contributed by atoms with Crippen LogP contribution in [0.4, 0.5) is 21.9 Å². The number of carbonyl (C=O) groups excluding carboxylic acids is 9. The molecule has 0 fully saturated rings. The molecular formula is C59H58N6O15. The minimum Gasteiger partial charge on any atom is -0.478 e. The summed E-state index contributed by atoms with van der Waals surface area (Å²) in [6, 6.07) is 37.6. The van der Waals surface area contributed by atoms with Crippen molar-refractivity contribution in [3.05, 3.63) is 197 Å². The Bertz CT molecular complexity index is 3190. The number of hydrogen-bond donors (Lipinski definition) is 7. The average molecular weight is 1090 g/mol. The predicted molar refractivity (Wildman–Crippen MR) is 290 cm³/mol. The number of alkyl carbamates (subject to hydrolysis) is 1. The van der Waals surface area contributed by atoms with E-state index < -0.39 is 102 Å². The van der Waals surface area contributed by atoms with Gasteiger partial charge in [-0.2, -0.15) is 0 Å². The summed E-state index contributed by atoms with van der Waals surface area (Å²) in [6.45, 7) is 4.46. The van der Waals surface area contributed by atoms with Crippen molar-refractivity contribution in [1.29, 1.82) is 0 Å². The van der Waals surface area contributed by atoms with Crippen LogP contribution in [0.2, 0.25) is 0 Å². The number of carboxylic acid groups (broad SMARTS) is 1. The van der Waals surface area contributed by atoms with Crippen LogP contribution in [-0.4, -0.2) is 88.3 Å². The monoisotopic (exact) mass is 1090 g/mol. The molecule has 0 aliphatic heterocycles. The van der Waals surface area contributed by atoms with Crippen molar-refractivity contribution < 1.29 is 72.0 Å². The van der Waals surface area contributed by atoms with Gasteiger partial charge in [0, 0.05) is 28.2 Å². The summed E-state index contributed by atoms with van der Waals surface area (Å²) in [6.07, 6.45) is -2.92. The highest BCUT2D eigenvalue weighted by molar-refractivity contribution is 6.06. The summed E-state index contributed by atoms with van der Waals surface area (Å²) < 4.78 is 21.5. The SMILES string of the molecule is CC(C)(C)OC(=O)N[C@H](CC(=O)OCc1ccccc1)C(=O)Nc1cccc(C(=O)N[C@H](CC(=O)OCc2ccccc2)C(=O)Nc2cccc(C(=O)N[C@H](CC(=O)OCc3ccccc3)C(=O)Nc3cccc(C(=O)O)c3)c2)c1. The van der Waals surface area contributed by atoms with Crippen LogP contribution in [0, 0.1) is 0 Å². The van der Waals surface area contributed by atoms with Crippen molar-refractivity contribution in [3.63, 3.8) is 0 Å². The number of ether oxygens (including phenoxy) is 4. The zero-order chi connectivity index (χ0) is 57.6. The maximum absolute atomic E-state index is 14.1. The van der Waals surface area contributed by atoms with Gasteiger partial charge in [-0.05, 0) is 92.1 Å². The fourth-order valence-corrected chi connectivity index (χ4v) is 7.35. The normalized spacial score (nSPS) is 11.9. The molecule has 0 bridgehead atoms. The van der Waals surface area contributed by atoms with Gasteiger partial charge in [0.15, 0.2) is 0 Å². The summed E-state index contributed by atoms with van der Waals surface area (Å²) in [5.41, 5.74) is 0.785. The molecule has 3 atom stereocenters. The third-order valence-electron chi connectivity index (χ3n) is 11.3. The molecule has 0 aromatic heterocycles. The van der Waals surface area contributed by atoms with E-state index in [4.69, 9.17) is 18.9 Å². The fourth-order valence-electron chi connectivity index (χ4n) is 7.35. The number of aromatic carboxylic acids is 1. The summed E-state index contributed by atoms with van der Waals surface area (Å²) >= 11 is 0. The van der Waals surface area contributed by atoms with E-state index in [0.29, 0.717) is 16.7 Å². The highest BCUT2D eigenvalue weighted by Gasteiger charge is 2.30. The van der Waals surface area contributed by atoms with Gasteiger partial charge < -0.3 is 56.0 Å². The Balaban J connectivity index is 1.17. The van der Waals surface area contributed by atoms with Gasteiger partial charge in [0.25, 0.3) is 11.8 Å². The summed E-state index contributed by atoms with van der Waals surface area (Å²) in [4.78, 5) is 133. The summed E-state index contributed by atoms with van der Waals surface area (Å²) in [5, 5.41) is 24.6. The first-order valence-electron chi connectivity index (χ1n) is 24.9. The molecule has 21 nitrogen and oxygen atoms in total. The highest BCUT2D eigenvalue weighted by atomic mass is 16.6. The average Bonchev–Trinajstić information content (AvgIpc) is 3.43. The molecule has 0 radical (unpaired) electrons. The number of carboxylic acids is 1. The molecule has 0 saturated carbocycles. The van der Waals surface area contributed by atoms with Crippen molar-refractivity contribution in [2.75, 3.05) is 16.0 Å². The molecule has 6 amide bonds. The van der Waals surface area contributed by atoms with Gasteiger partial charge in [-0.15, -0.1) is 0 Å². The largest absolute Gasteiger partial charge is 0.478 e. The van der Waals surface area contributed by atoms with Crippen molar-refractivity contribution >= 4 is 76.6 Å². The van der Waals surface area contributed by atoms with Crippen LogP contribution in [0.1, 0.15) is 87.8 Å². The lowest BCUT2D eigenvalue weighted by atomic mass is 10.1. The van der Waals surface area contributed by atoms with Crippen LogP contribution in [0.3, 0.4) is 0 Å². The maximum Gasteiger partial charge on any atom is 0.408 e. The molecule has 6 rings (SSSR count). The highest BCUT2D eigenvalue weighted by Crippen LogP contribution is 2.18. The molecule has 0 saturated heterocycles. The van der Waals surface area contributed by atoms with Gasteiger partial charge in [-0.1, -0.05) is 109 Å². The number of rotatable bonds is 24.